The van der Waals surface area contributed by atoms with Gasteiger partial charge in [-0.1, -0.05) is 12.1 Å². The number of carbonyl (C=O) groups is 1. The zero-order valence-corrected chi connectivity index (χ0v) is 17.3. The first-order valence-electron chi connectivity index (χ1n) is 9.99. The van der Waals surface area contributed by atoms with Crippen LogP contribution in [0.4, 0.5) is 11.5 Å². The van der Waals surface area contributed by atoms with Crippen molar-refractivity contribution >= 4 is 17.5 Å². The lowest BCUT2D eigenvalue weighted by atomic mass is 9.81. The summed E-state index contributed by atoms with van der Waals surface area (Å²) in [6.07, 6.45) is 2.32. The minimum absolute atomic E-state index is 0.0144. The molecule has 1 aromatic heterocycles. The second-order valence-electron chi connectivity index (χ2n) is 7.76. The van der Waals surface area contributed by atoms with E-state index in [1.54, 1.807) is 10.7 Å². The van der Waals surface area contributed by atoms with E-state index in [0.717, 1.165) is 43.0 Å². The van der Waals surface area contributed by atoms with E-state index in [1.807, 2.05) is 20.0 Å². The van der Waals surface area contributed by atoms with Crippen molar-refractivity contribution < 1.29 is 14.5 Å². The first-order chi connectivity index (χ1) is 14.4. The Balaban J connectivity index is 1.89. The average Bonchev–Trinajstić information content (AvgIpc) is 3.35. The Hall–Kier alpha value is -3.20. The lowest BCUT2D eigenvalue weighted by molar-refractivity contribution is -0.384. The van der Waals surface area contributed by atoms with Gasteiger partial charge in [0.25, 0.3) is 5.69 Å². The maximum Gasteiger partial charge on any atom is 0.336 e. The van der Waals surface area contributed by atoms with Crippen molar-refractivity contribution in [3.05, 3.63) is 62.5 Å². The van der Waals surface area contributed by atoms with Crippen LogP contribution in [0.15, 0.2) is 35.5 Å². The predicted octanol–water partition coefficient (Wildman–Crippen LogP) is 2.93. The molecule has 0 saturated carbocycles. The largest absolute Gasteiger partial charge is 0.466 e. The summed E-state index contributed by atoms with van der Waals surface area (Å²) in [5, 5.41) is 19.4. The van der Waals surface area contributed by atoms with Crippen LogP contribution in [0, 0.1) is 10.1 Å². The van der Waals surface area contributed by atoms with Crippen molar-refractivity contribution in [1.29, 1.82) is 0 Å². The number of nitrogens with zero attached hydrogens (tertiary/aromatic N) is 4. The van der Waals surface area contributed by atoms with E-state index >= 15 is 0 Å². The number of fused-ring (bicyclic) bond motifs is 1. The molecule has 1 aromatic carbocycles. The number of nitrogens with one attached hydrogen (secondary N) is 1. The number of anilines is 1. The number of methoxy groups -OCH3 is 1. The minimum Gasteiger partial charge on any atom is -0.466 e. The van der Waals surface area contributed by atoms with Gasteiger partial charge < -0.3 is 10.1 Å². The maximum absolute atomic E-state index is 12.8. The first-order valence-corrected chi connectivity index (χ1v) is 9.99. The minimum atomic E-state index is -0.500. The molecule has 2 aromatic rings. The van der Waals surface area contributed by atoms with Crippen molar-refractivity contribution in [3.8, 4) is 0 Å². The predicted molar refractivity (Wildman–Crippen MR) is 111 cm³/mol. The molecule has 0 aliphatic carbocycles. The second kappa shape index (κ2) is 7.91. The van der Waals surface area contributed by atoms with E-state index in [-0.39, 0.29) is 5.69 Å². The van der Waals surface area contributed by atoms with Crippen LogP contribution in [-0.2, 0) is 23.1 Å². The Labute approximate surface area is 174 Å². The van der Waals surface area contributed by atoms with Crippen LogP contribution in [0.3, 0.4) is 0 Å². The molecular formula is C21H25N5O4. The molecule has 0 spiro atoms. The number of nitro benzene ring substituents is 1. The van der Waals surface area contributed by atoms with Gasteiger partial charge >= 0.3 is 5.97 Å². The number of hydrogen-bond donors (Lipinski definition) is 1. The molecule has 1 fully saturated rings. The molecule has 9 heteroatoms. The van der Waals surface area contributed by atoms with Gasteiger partial charge in [0.15, 0.2) is 0 Å². The van der Waals surface area contributed by atoms with Gasteiger partial charge in [-0.3, -0.25) is 19.7 Å². The Morgan fingerprint density at radius 2 is 2.10 bits per heavy atom. The highest BCUT2D eigenvalue weighted by Crippen LogP contribution is 2.44. The molecule has 9 nitrogen and oxygen atoms in total. The summed E-state index contributed by atoms with van der Waals surface area (Å²) in [5.41, 5.74) is 3.49. The molecule has 1 saturated heterocycles. The topological polar surface area (TPSA) is 103 Å². The smallest absolute Gasteiger partial charge is 0.336 e. The third-order valence-corrected chi connectivity index (χ3v) is 5.84. The zero-order valence-electron chi connectivity index (χ0n) is 17.3. The molecule has 0 amide bonds. The number of nitro groups is 1. The van der Waals surface area contributed by atoms with E-state index in [2.05, 4.69) is 10.2 Å². The van der Waals surface area contributed by atoms with Gasteiger partial charge in [0, 0.05) is 42.9 Å². The molecule has 4 rings (SSSR count). The molecule has 0 bridgehead atoms. The third-order valence-electron chi connectivity index (χ3n) is 5.84. The zero-order chi connectivity index (χ0) is 21.4. The lowest BCUT2D eigenvalue weighted by Crippen LogP contribution is -2.26. The van der Waals surface area contributed by atoms with Crippen molar-refractivity contribution in [2.24, 2.45) is 7.05 Å². The Kier molecular flexibility index (Phi) is 5.29. The number of esters is 1. The fourth-order valence-corrected chi connectivity index (χ4v) is 4.45. The fourth-order valence-electron chi connectivity index (χ4n) is 4.45. The van der Waals surface area contributed by atoms with Crippen molar-refractivity contribution in [3.63, 3.8) is 0 Å². The lowest BCUT2D eigenvalue weighted by Gasteiger charge is -2.29. The molecule has 1 unspecified atom stereocenters. The van der Waals surface area contributed by atoms with Crippen LogP contribution in [0.5, 0.6) is 0 Å². The second-order valence-corrected chi connectivity index (χ2v) is 7.76. The summed E-state index contributed by atoms with van der Waals surface area (Å²) in [7, 11) is 3.21. The van der Waals surface area contributed by atoms with E-state index < -0.39 is 16.8 Å². The van der Waals surface area contributed by atoms with Crippen LogP contribution in [-0.4, -0.2) is 45.8 Å². The van der Waals surface area contributed by atoms with Gasteiger partial charge in [-0.25, -0.2) is 4.79 Å². The monoisotopic (exact) mass is 411 g/mol. The van der Waals surface area contributed by atoms with Crippen LogP contribution in [0.25, 0.3) is 0 Å². The number of ether oxygens (including phenoxy) is 1. The van der Waals surface area contributed by atoms with Gasteiger partial charge in [-0.05, 0) is 38.4 Å². The molecule has 1 atom stereocenters. The molecule has 3 heterocycles. The average molecular weight is 411 g/mol. The van der Waals surface area contributed by atoms with Crippen molar-refractivity contribution in [2.45, 2.75) is 32.2 Å². The summed E-state index contributed by atoms with van der Waals surface area (Å²) in [5.74, 6) is -0.163. The third kappa shape index (κ3) is 3.45. The Bertz CT molecular complexity index is 1040. The van der Waals surface area contributed by atoms with E-state index in [9.17, 15) is 14.9 Å². The molecule has 30 heavy (non-hydrogen) atoms. The number of non-ortho nitro benzene ring substituents is 1. The Morgan fingerprint density at radius 1 is 1.37 bits per heavy atom. The highest BCUT2D eigenvalue weighted by Gasteiger charge is 2.38. The number of rotatable bonds is 5. The summed E-state index contributed by atoms with van der Waals surface area (Å²) in [6.45, 7) is 4.51. The van der Waals surface area contributed by atoms with Crippen LogP contribution >= 0.6 is 0 Å². The molecule has 1 N–H and O–H groups in total. The summed E-state index contributed by atoms with van der Waals surface area (Å²) < 4.78 is 6.86. The number of aryl methyl sites for hydroxylation is 1. The number of likely N-dealkylation sites (tertiary alicyclic amines) is 1. The highest BCUT2D eigenvalue weighted by atomic mass is 16.6. The van der Waals surface area contributed by atoms with Crippen LogP contribution < -0.4 is 5.32 Å². The van der Waals surface area contributed by atoms with E-state index in [1.165, 1.54) is 19.2 Å². The summed E-state index contributed by atoms with van der Waals surface area (Å²) >= 11 is 0. The number of allylic oxidation sites excluding steroid dienone is 1. The molecule has 158 valence electrons. The molecule has 2 aliphatic rings. The molecule has 0 radical (unpaired) electrons. The normalized spacial score (nSPS) is 18.8. The van der Waals surface area contributed by atoms with Crippen LogP contribution in [0.1, 0.15) is 42.5 Å². The van der Waals surface area contributed by atoms with E-state index in [0.29, 0.717) is 23.4 Å². The number of carbonyl (C=O) groups excluding carboxylic acids is 1. The van der Waals surface area contributed by atoms with Crippen molar-refractivity contribution in [1.82, 2.24) is 14.7 Å². The quantitative estimate of drug-likeness (QED) is 0.458. The number of aromatic nitrogens is 2. The van der Waals surface area contributed by atoms with Crippen molar-refractivity contribution in [2.75, 3.05) is 25.5 Å². The number of hydrogen-bond acceptors (Lipinski definition) is 7. The summed E-state index contributed by atoms with van der Waals surface area (Å²) in [4.78, 5) is 26.1. The number of benzene rings is 1. The SMILES string of the molecule is COC(=O)C1=C(C)Nc2c(c(CN3CCCC3)nn2C)C1c1cccc([N+](=O)[O-])c1. The van der Waals surface area contributed by atoms with Gasteiger partial charge in [-0.15, -0.1) is 0 Å². The van der Waals surface area contributed by atoms with E-state index in [4.69, 9.17) is 9.84 Å². The maximum atomic E-state index is 12.8. The fraction of sp³-hybridized carbons (Fsp3) is 0.429. The van der Waals surface area contributed by atoms with Gasteiger partial charge in [0.1, 0.15) is 5.82 Å². The van der Waals surface area contributed by atoms with Gasteiger partial charge in [-0.2, -0.15) is 5.10 Å². The van der Waals surface area contributed by atoms with Gasteiger partial charge in [0.2, 0.25) is 0 Å². The standard InChI is InChI=1S/C21H25N5O4/c1-13-17(21(27)30-3)18(14-7-6-8-15(11-14)26(28)29)19-16(12-25-9-4-5-10-25)23-24(2)20(19)22-13/h6-8,11,18,22H,4-5,9-10,12H2,1-3H3. The highest BCUT2D eigenvalue weighted by molar-refractivity contribution is 5.94. The molecular weight excluding hydrogens is 386 g/mol. The Morgan fingerprint density at radius 3 is 2.77 bits per heavy atom. The summed E-state index contributed by atoms with van der Waals surface area (Å²) in [6, 6.07) is 6.45. The van der Waals surface area contributed by atoms with Crippen LogP contribution in [0.2, 0.25) is 0 Å². The molecule has 2 aliphatic heterocycles. The van der Waals surface area contributed by atoms with Gasteiger partial charge in [0.05, 0.1) is 23.3 Å². The first kappa shape index (κ1) is 20.1.